The van der Waals surface area contributed by atoms with Gasteiger partial charge >= 0.3 is 12.1 Å². The monoisotopic (exact) mass is 382 g/mol. The van der Waals surface area contributed by atoms with Crippen LogP contribution in [0.3, 0.4) is 0 Å². The van der Waals surface area contributed by atoms with Crippen LogP contribution in [-0.2, 0) is 9.59 Å². The molecule has 0 spiro atoms. The maximum absolute atomic E-state index is 12.8. The number of carbonyl (C=O) groups excluding carboxylic acids is 2. The predicted octanol–water partition coefficient (Wildman–Crippen LogP) is 2.74. The average molecular weight is 382 g/mol. The SMILES string of the molecule is COc1ccc([C@@H](C)NC(=O)[C@H]2[C@@H](NC(=O)C(F)(F)F)[C@H]3C=C[C@@H]2C3)cc1. The lowest BCUT2D eigenvalue weighted by atomic mass is 9.87. The Bertz CT molecular complexity index is 746. The quantitative estimate of drug-likeness (QED) is 0.770. The molecule has 5 nitrogen and oxygen atoms in total. The first kappa shape index (κ1) is 19.3. The number of nitrogens with one attached hydrogen (secondary N) is 2. The average Bonchev–Trinajstić information content (AvgIpc) is 3.22. The first-order valence-corrected chi connectivity index (χ1v) is 8.71. The Morgan fingerprint density at radius 1 is 1.15 bits per heavy atom. The van der Waals surface area contributed by atoms with Crippen LogP contribution < -0.4 is 15.4 Å². The van der Waals surface area contributed by atoms with Crippen LogP contribution in [0.4, 0.5) is 13.2 Å². The third kappa shape index (κ3) is 3.94. The maximum Gasteiger partial charge on any atom is 0.471 e. The number of halogens is 3. The van der Waals surface area contributed by atoms with Crippen LogP contribution in [0.2, 0.25) is 0 Å². The summed E-state index contributed by atoms with van der Waals surface area (Å²) in [5.41, 5.74) is 0.846. The van der Waals surface area contributed by atoms with E-state index in [4.69, 9.17) is 4.74 Å². The van der Waals surface area contributed by atoms with Gasteiger partial charge in [0.2, 0.25) is 5.91 Å². The van der Waals surface area contributed by atoms with E-state index in [0.29, 0.717) is 12.2 Å². The summed E-state index contributed by atoms with van der Waals surface area (Å²) in [6.45, 7) is 1.80. The molecular weight excluding hydrogens is 361 g/mol. The number of allylic oxidation sites excluding steroid dienone is 1. The number of benzene rings is 1. The molecule has 0 unspecified atom stereocenters. The first-order chi connectivity index (χ1) is 12.7. The molecule has 1 aromatic rings. The number of hydrogen-bond donors (Lipinski definition) is 2. The van der Waals surface area contributed by atoms with Crippen LogP contribution in [0.5, 0.6) is 5.75 Å². The van der Waals surface area contributed by atoms with Crippen LogP contribution in [0.1, 0.15) is 24.9 Å². The lowest BCUT2D eigenvalue weighted by molar-refractivity contribution is -0.175. The Morgan fingerprint density at radius 3 is 2.37 bits per heavy atom. The van der Waals surface area contributed by atoms with E-state index >= 15 is 0 Å². The van der Waals surface area contributed by atoms with E-state index in [2.05, 4.69) is 5.32 Å². The molecule has 0 aliphatic heterocycles. The van der Waals surface area contributed by atoms with Crippen molar-refractivity contribution in [1.82, 2.24) is 10.6 Å². The van der Waals surface area contributed by atoms with Gasteiger partial charge in [-0.15, -0.1) is 0 Å². The zero-order valence-electron chi connectivity index (χ0n) is 14.9. The van der Waals surface area contributed by atoms with Gasteiger partial charge in [0.25, 0.3) is 0 Å². The number of alkyl halides is 3. The normalized spacial score (nSPS) is 27.3. The highest BCUT2D eigenvalue weighted by atomic mass is 19.4. The molecule has 2 aliphatic carbocycles. The smallest absolute Gasteiger partial charge is 0.471 e. The standard InChI is InChI=1S/C19H21F3N2O3/c1-10(11-5-7-14(27-2)8-6-11)23-17(25)15-12-3-4-13(9-12)16(15)24-18(26)19(20,21)22/h3-8,10,12-13,15-16H,9H2,1-2H3,(H,23,25)(H,24,26)/t10-,12-,13+,15-,16+/m1/s1. The molecule has 0 aromatic heterocycles. The minimum Gasteiger partial charge on any atom is -0.497 e. The van der Waals surface area contributed by atoms with Gasteiger partial charge in [0.1, 0.15) is 5.75 Å². The van der Waals surface area contributed by atoms with Crippen molar-refractivity contribution >= 4 is 11.8 Å². The molecule has 1 fully saturated rings. The third-order valence-corrected chi connectivity index (χ3v) is 5.29. The Labute approximate surface area is 155 Å². The van der Waals surface area contributed by atoms with Crippen molar-refractivity contribution in [2.75, 3.05) is 7.11 Å². The summed E-state index contributed by atoms with van der Waals surface area (Å²) in [5, 5.41) is 4.87. The minimum absolute atomic E-state index is 0.170. The first-order valence-electron chi connectivity index (χ1n) is 8.71. The molecular formula is C19H21F3N2O3. The summed E-state index contributed by atoms with van der Waals surface area (Å²) in [5.74, 6) is -2.82. The highest BCUT2D eigenvalue weighted by molar-refractivity contribution is 5.85. The number of hydrogen-bond acceptors (Lipinski definition) is 3. The van der Waals surface area contributed by atoms with Gasteiger partial charge in [-0.1, -0.05) is 24.3 Å². The van der Waals surface area contributed by atoms with Crippen LogP contribution in [0.15, 0.2) is 36.4 Å². The molecule has 3 rings (SSSR count). The van der Waals surface area contributed by atoms with Gasteiger partial charge in [-0.05, 0) is 42.9 Å². The van der Waals surface area contributed by atoms with Crippen molar-refractivity contribution in [1.29, 1.82) is 0 Å². The number of amides is 2. The van der Waals surface area contributed by atoms with E-state index in [1.165, 1.54) is 0 Å². The van der Waals surface area contributed by atoms with Gasteiger partial charge in [-0.2, -0.15) is 13.2 Å². The molecule has 2 amide bonds. The van der Waals surface area contributed by atoms with Crippen molar-refractivity contribution in [2.24, 2.45) is 17.8 Å². The molecule has 0 saturated heterocycles. The summed E-state index contributed by atoms with van der Waals surface area (Å²) in [7, 11) is 1.55. The Kier molecular flexibility index (Phi) is 5.17. The fraction of sp³-hybridized carbons (Fsp3) is 0.474. The van der Waals surface area contributed by atoms with Crippen molar-refractivity contribution in [3.05, 3.63) is 42.0 Å². The maximum atomic E-state index is 12.8. The van der Waals surface area contributed by atoms with Crippen LogP contribution in [-0.4, -0.2) is 31.1 Å². The Hall–Kier alpha value is -2.51. The summed E-state index contributed by atoms with van der Waals surface area (Å²) in [6, 6.07) is 5.98. The van der Waals surface area contributed by atoms with Gasteiger partial charge in [0.15, 0.2) is 0 Å². The van der Waals surface area contributed by atoms with Gasteiger partial charge < -0.3 is 15.4 Å². The second-order valence-electron chi connectivity index (χ2n) is 6.97. The lowest BCUT2D eigenvalue weighted by Crippen LogP contribution is -2.52. The minimum atomic E-state index is -4.97. The van der Waals surface area contributed by atoms with E-state index in [1.807, 2.05) is 23.5 Å². The molecule has 2 bridgehead atoms. The molecule has 8 heteroatoms. The zero-order valence-corrected chi connectivity index (χ0v) is 14.9. The van der Waals surface area contributed by atoms with Gasteiger partial charge in [-0.25, -0.2) is 0 Å². The van der Waals surface area contributed by atoms with Crippen molar-refractivity contribution < 1.29 is 27.5 Å². The molecule has 1 aromatic carbocycles. The predicted molar refractivity (Wildman–Crippen MR) is 91.8 cm³/mol. The van der Waals surface area contributed by atoms with E-state index in [9.17, 15) is 22.8 Å². The Balaban J connectivity index is 1.70. The summed E-state index contributed by atoms with van der Waals surface area (Å²) >= 11 is 0. The number of methoxy groups -OCH3 is 1. The number of ether oxygens (including phenoxy) is 1. The Morgan fingerprint density at radius 2 is 1.78 bits per heavy atom. The molecule has 146 valence electrons. The largest absolute Gasteiger partial charge is 0.497 e. The molecule has 2 N–H and O–H groups in total. The number of fused-ring (bicyclic) bond motifs is 2. The molecule has 2 aliphatic rings. The van der Waals surface area contributed by atoms with Gasteiger partial charge in [0.05, 0.1) is 19.1 Å². The van der Waals surface area contributed by atoms with E-state index in [1.54, 1.807) is 32.2 Å². The zero-order chi connectivity index (χ0) is 19.8. The van der Waals surface area contributed by atoms with Crippen molar-refractivity contribution in [3.63, 3.8) is 0 Å². The highest BCUT2D eigenvalue weighted by Gasteiger charge is 2.51. The van der Waals surface area contributed by atoms with E-state index in [0.717, 1.165) is 5.56 Å². The second kappa shape index (κ2) is 7.25. The van der Waals surface area contributed by atoms with Crippen LogP contribution >= 0.6 is 0 Å². The molecule has 0 radical (unpaired) electrons. The summed E-state index contributed by atoms with van der Waals surface area (Å²) in [6.07, 6.45) is -0.771. The summed E-state index contributed by atoms with van der Waals surface area (Å²) in [4.78, 5) is 24.1. The van der Waals surface area contributed by atoms with E-state index in [-0.39, 0.29) is 23.8 Å². The number of rotatable bonds is 5. The van der Waals surface area contributed by atoms with E-state index < -0.39 is 24.0 Å². The van der Waals surface area contributed by atoms with Crippen molar-refractivity contribution in [3.8, 4) is 5.75 Å². The molecule has 0 heterocycles. The second-order valence-corrected chi connectivity index (χ2v) is 6.97. The lowest BCUT2D eigenvalue weighted by Gasteiger charge is -2.29. The highest BCUT2D eigenvalue weighted by Crippen LogP contribution is 2.44. The van der Waals surface area contributed by atoms with Crippen LogP contribution in [0.25, 0.3) is 0 Å². The van der Waals surface area contributed by atoms with Gasteiger partial charge in [0, 0.05) is 6.04 Å². The number of carbonyl (C=O) groups is 2. The fourth-order valence-corrected chi connectivity index (χ4v) is 3.90. The summed E-state index contributed by atoms with van der Waals surface area (Å²) < 4.78 is 43.0. The molecule has 27 heavy (non-hydrogen) atoms. The third-order valence-electron chi connectivity index (χ3n) is 5.29. The van der Waals surface area contributed by atoms with Crippen molar-refractivity contribution in [2.45, 2.75) is 31.6 Å². The van der Waals surface area contributed by atoms with Crippen LogP contribution in [0, 0.1) is 17.8 Å². The molecule has 1 saturated carbocycles. The molecule has 5 atom stereocenters. The topological polar surface area (TPSA) is 67.4 Å². The fourth-order valence-electron chi connectivity index (χ4n) is 3.90. The van der Waals surface area contributed by atoms with Gasteiger partial charge in [-0.3, -0.25) is 9.59 Å².